The molecule has 0 saturated heterocycles. The van der Waals surface area contributed by atoms with Crippen LogP contribution in [0.15, 0.2) is 40.9 Å². The number of para-hydroxylation sites is 1. The van der Waals surface area contributed by atoms with Crippen LogP contribution in [0.2, 0.25) is 5.02 Å². The first-order valence-corrected chi connectivity index (χ1v) is 9.54. The first-order chi connectivity index (χ1) is 12.5. The maximum atomic E-state index is 13.4. The maximum absolute atomic E-state index is 13.4. The molecule has 1 N–H and O–H groups in total. The molecule has 4 nitrogen and oxygen atoms in total. The summed E-state index contributed by atoms with van der Waals surface area (Å²) in [6.45, 7) is 2.16. The molecule has 134 valence electrons. The Hall–Kier alpha value is -1.92. The number of hydrogen-bond donors (Lipinski definition) is 1. The van der Waals surface area contributed by atoms with E-state index in [4.69, 9.17) is 16.3 Å². The van der Waals surface area contributed by atoms with E-state index in [-0.39, 0.29) is 11.0 Å². The Morgan fingerprint density at radius 2 is 2.08 bits per heavy atom. The Labute approximate surface area is 163 Å². The predicted octanol–water partition coefficient (Wildman–Crippen LogP) is 6.19. The lowest BCUT2D eigenvalue weighted by Gasteiger charge is -2.16. The molecule has 2 aromatic carbocycles. The van der Waals surface area contributed by atoms with E-state index in [1.807, 2.05) is 18.2 Å². The summed E-state index contributed by atoms with van der Waals surface area (Å²) in [6, 6.07) is 10.5. The lowest BCUT2D eigenvalue weighted by Crippen LogP contribution is -2.18. The average Bonchev–Trinajstić information content (AvgIpc) is 3.44. The number of nitrogens with zero attached hydrogens (tertiary/aromatic N) is 2. The molecule has 0 aliphatic heterocycles. The summed E-state index contributed by atoms with van der Waals surface area (Å²) in [5.74, 6) is 1.28. The maximum Gasteiger partial charge on any atom is 0.324 e. The topological polar surface area (TPSA) is 47.0 Å². The van der Waals surface area contributed by atoms with Crippen LogP contribution >= 0.6 is 27.5 Å². The van der Waals surface area contributed by atoms with Crippen LogP contribution in [0.4, 0.5) is 10.2 Å². The number of nitrogens with one attached hydrogen (secondary N) is 1. The SMILES string of the molecule is C[C@@H](Nc1nc(Oc2ccc(F)c(Cl)c2)nc2c(Br)cccc12)C1CC1. The van der Waals surface area contributed by atoms with Crippen molar-refractivity contribution in [3.05, 3.63) is 51.7 Å². The minimum absolute atomic E-state index is 0.00910. The summed E-state index contributed by atoms with van der Waals surface area (Å²) in [4.78, 5) is 9.03. The van der Waals surface area contributed by atoms with Gasteiger partial charge in [-0.25, -0.2) is 4.39 Å². The summed E-state index contributed by atoms with van der Waals surface area (Å²) < 4.78 is 19.9. The molecule has 0 amide bonds. The molecule has 0 unspecified atom stereocenters. The van der Waals surface area contributed by atoms with Crippen LogP contribution in [0, 0.1) is 11.7 Å². The lowest BCUT2D eigenvalue weighted by molar-refractivity contribution is 0.443. The van der Waals surface area contributed by atoms with Gasteiger partial charge in [0.2, 0.25) is 0 Å². The predicted molar refractivity (Wildman–Crippen MR) is 105 cm³/mol. The van der Waals surface area contributed by atoms with Gasteiger partial charge >= 0.3 is 6.01 Å². The number of anilines is 1. The van der Waals surface area contributed by atoms with E-state index < -0.39 is 5.82 Å². The highest BCUT2D eigenvalue weighted by Gasteiger charge is 2.28. The molecule has 1 aliphatic carbocycles. The van der Waals surface area contributed by atoms with Gasteiger partial charge in [0.25, 0.3) is 0 Å². The van der Waals surface area contributed by atoms with Crippen LogP contribution in [0.3, 0.4) is 0 Å². The van der Waals surface area contributed by atoms with Gasteiger partial charge in [0.15, 0.2) is 0 Å². The Kier molecular flexibility index (Phi) is 4.71. The van der Waals surface area contributed by atoms with Crippen molar-refractivity contribution in [2.45, 2.75) is 25.8 Å². The zero-order chi connectivity index (χ0) is 18.3. The number of benzene rings is 2. The third-order valence-electron chi connectivity index (χ3n) is 4.45. The molecule has 1 atom stereocenters. The Bertz CT molecular complexity index is 980. The zero-order valence-corrected chi connectivity index (χ0v) is 16.3. The van der Waals surface area contributed by atoms with Gasteiger partial charge in [-0.2, -0.15) is 9.97 Å². The highest BCUT2D eigenvalue weighted by molar-refractivity contribution is 9.10. The van der Waals surface area contributed by atoms with Crippen LogP contribution < -0.4 is 10.1 Å². The van der Waals surface area contributed by atoms with E-state index in [9.17, 15) is 4.39 Å². The molecule has 0 radical (unpaired) electrons. The van der Waals surface area contributed by atoms with E-state index in [0.717, 1.165) is 21.2 Å². The average molecular weight is 437 g/mol. The normalized spacial score (nSPS) is 15.1. The second kappa shape index (κ2) is 7.00. The van der Waals surface area contributed by atoms with Crippen molar-refractivity contribution in [3.63, 3.8) is 0 Å². The minimum Gasteiger partial charge on any atom is -0.424 e. The van der Waals surface area contributed by atoms with Crippen molar-refractivity contribution in [1.29, 1.82) is 0 Å². The summed E-state index contributed by atoms with van der Waals surface area (Å²) in [5.41, 5.74) is 0.746. The number of rotatable bonds is 5. The molecule has 0 bridgehead atoms. The lowest BCUT2D eigenvalue weighted by atomic mass is 10.2. The largest absolute Gasteiger partial charge is 0.424 e. The first-order valence-electron chi connectivity index (χ1n) is 8.37. The second-order valence-corrected chi connectivity index (χ2v) is 7.70. The third-order valence-corrected chi connectivity index (χ3v) is 5.38. The third kappa shape index (κ3) is 3.62. The molecule has 1 saturated carbocycles. The van der Waals surface area contributed by atoms with Gasteiger partial charge in [0.1, 0.15) is 17.4 Å². The summed E-state index contributed by atoms with van der Waals surface area (Å²) in [7, 11) is 0. The van der Waals surface area contributed by atoms with Crippen LogP contribution in [0.25, 0.3) is 10.9 Å². The van der Waals surface area contributed by atoms with Gasteiger partial charge in [-0.3, -0.25) is 0 Å². The van der Waals surface area contributed by atoms with Gasteiger partial charge < -0.3 is 10.1 Å². The number of aromatic nitrogens is 2. The first kappa shape index (κ1) is 17.5. The van der Waals surface area contributed by atoms with Crippen LogP contribution in [0.1, 0.15) is 19.8 Å². The minimum atomic E-state index is -0.498. The summed E-state index contributed by atoms with van der Waals surface area (Å²) >= 11 is 9.36. The van der Waals surface area contributed by atoms with Crippen molar-refractivity contribution >= 4 is 44.3 Å². The molecule has 4 rings (SSSR count). The molecule has 1 fully saturated rings. The van der Waals surface area contributed by atoms with Crippen LogP contribution in [-0.4, -0.2) is 16.0 Å². The van der Waals surface area contributed by atoms with Gasteiger partial charge in [-0.05, 0) is 65.9 Å². The standard InChI is InChI=1S/C19H16BrClFN3O/c1-10(11-5-6-11)23-18-13-3-2-4-14(20)17(13)24-19(25-18)26-12-7-8-16(22)15(21)9-12/h2-4,7-11H,5-6H2,1H3,(H,23,24,25)/t10-/m1/s1. The molecular formula is C19H16BrClFN3O. The number of ether oxygens (including phenoxy) is 1. The summed E-state index contributed by atoms with van der Waals surface area (Å²) in [6.07, 6.45) is 2.47. The van der Waals surface area contributed by atoms with Crippen LogP contribution in [0.5, 0.6) is 11.8 Å². The molecule has 1 heterocycles. The molecule has 0 spiro atoms. The van der Waals surface area contributed by atoms with E-state index in [0.29, 0.717) is 17.7 Å². The Morgan fingerprint density at radius 1 is 1.27 bits per heavy atom. The second-order valence-electron chi connectivity index (χ2n) is 6.44. The van der Waals surface area contributed by atoms with Crippen LogP contribution in [-0.2, 0) is 0 Å². The van der Waals surface area contributed by atoms with Crippen molar-refractivity contribution in [1.82, 2.24) is 9.97 Å². The van der Waals surface area contributed by atoms with Crippen molar-refractivity contribution < 1.29 is 9.13 Å². The molecule has 1 aromatic heterocycles. The van der Waals surface area contributed by atoms with Crippen molar-refractivity contribution in [2.75, 3.05) is 5.32 Å². The Balaban J connectivity index is 1.73. The molecule has 3 aromatic rings. The number of halogens is 3. The monoisotopic (exact) mass is 435 g/mol. The summed E-state index contributed by atoms with van der Waals surface area (Å²) in [5, 5.41) is 4.39. The van der Waals surface area contributed by atoms with Crippen molar-refractivity contribution in [3.8, 4) is 11.8 Å². The molecular weight excluding hydrogens is 421 g/mol. The zero-order valence-electron chi connectivity index (χ0n) is 14.0. The van der Waals surface area contributed by atoms with E-state index in [1.54, 1.807) is 0 Å². The smallest absolute Gasteiger partial charge is 0.324 e. The number of hydrogen-bond acceptors (Lipinski definition) is 4. The quantitative estimate of drug-likeness (QED) is 0.518. The van der Waals surface area contributed by atoms with Gasteiger partial charge in [0, 0.05) is 22.0 Å². The fourth-order valence-corrected chi connectivity index (χ4v) is 3.45. The van der Waals surface area contributed by atoms with E-state index in [2.05, 4.69) is 38.1 Å². The fraction of sp³-hybridized carbons (Fsp3) is 0.263. The van der Waals surface area contributed by atoms with Gasteiger partial charge in [-0.1, -0.05) is 17.7 Å². The molecule has 7 heteroatoms. The van der Waals surface area contributed by atoms with Gasteiger partial charge in [-0.15, -0.1) is 0 Å². The highest BCUT2D eigenvalue weighted by atomic mass is 79.9. The fourth-order valence-electron chi connectivity index (χ4n) is 2.83. The molecule has 1 aliphatic rings. The van der Waals surface area contributed by atoms with Gasteiger partial charge in [0.05, 0.1) is 10.5 Å². The number of fused-ring (bicyclic) bond motifs is 1. The molecule has 26 heavy (non-hydrogen) atoms. The Morgan fingerprint density at radius 3 is 2.81 bits per heavy atom. The highest BCUT2D eigenvalue weighted by Crippen LogP contribution is 2.36. The van der Waals surface area contributed by atoms with E-state index >= 15 is 0 Å². The van der Waals surface area contributed by atoms with Crippen molar-refractivity contribution in [2.24, 2.45) is 5.92 Å². The van der Waals surface area contributed by atoms with E-state index in [1.165, 1.54) is 31.0 Å².